The minimum Gasteiger partial charge on any atom is -0.468 e. The number of methoxy groups -OCH3 is 1. The number of hydrogen-bond donors (Lipinski definition) is 3. The Bertz CT molecular complexity index is 3450. The highest BCUT2D eigenvalue weighted by atomic mass is 19.1. The van der Waals surface area contributed by atoms with Crippen LogP contribution in [0, 0.1) is 24.0 Å². The Morgan fingerprint density at radius 2 is 1.73 bits per heavy atom. The fraction of sp³-hybridized carbons (Fsp3) is 0.475. The molecule has 6 aliphatic heterocycles. The van der Waals surface area contributed by atoms with Gasteiger partial charge in [-0.05, 0) is 121 Å². The molecule has 0 saturated carbocycles. The predicted molar refractivity (Wildman–Crippen MR) is 295 cm³/mol. The summed E-state index contributed by atoms with van der Waals surface area (Å²) in [5.74, 6) is -0.655. The maximum Gasteiger partial charge on any atom is 0.410 e. The van der Waals surface area contributed by atoms with E-state index in [2.05, 4.69) is 31.8 Å². The van der Waals surface area contributed by atoms with Crippen molar-refractivity contribution in [3.8, 4) is 35.4 Å². The molecule has 5 fully saturated rings. The van der Waals surface area contributed by atoms with E-state index in [1.54, 1.807) is 29.2 Å². The summed E-state index contributed by atoms with van der Waals surface area (Å²) < 4.78 is 62.3. The molecule has 2 bridgehead atoms. The van der Waals surface area contributed by atoms with Crippen LogP contribution < -0.4 is 30.3 Å². The van der Waals surface area contributed by atoms with Gasteiger partial charge in [0.1, 0.15) is 53.5 Å². The smallest absolute Gasteiger partial charge is 0.410 e. The number of carbonyl (C=O) groups is 6. The van der Waals surface area contributed by atoms with Crippen molar-refractivity contribution in [3.63, 3.8) is 0 Å². The van der Waals surface area contributed by atoms with Gasteiger partial charge in [-0.3, -0.25) is 44.2 Å². The first kappa shape index (κ1) is 55.7. The van der Waals surface area contributed by atoms with Crippen molar-refractivity contribution in [2.24, 2.45) is 0 Å². The topological polar surface area (TPSA) is 236 Å². The molecule has 0 aliphatic carbocycles. The van der Waals surface area contributed by atoms with E-state index in [9.17, 15) is 28.8 Å². The second kappa shape index (κ2) is 22.6. The molecule has 3 N–H and O–H groups in total. The van der Waals surface area contributed by atoms with E-state index in [-0.39, 0.29) is 102 Å². The molecule has 5 saturated heterocycles. The molecule has 6 aliphatic rings. The number of benzene rings is 3. The van der Waals surface area contributed by atoms with E-state index in [0.29, 0.717) is 67.0 Å². The number of rotatable bonds is 17. The van der Waals surface area contributed by atoms with Crippen molar-refractivity contribution in [1.82, 2.24) is 40.3 Å². The summed E-state index contributed by atoms with van der Waals surface area (Å²) >= 11 is 0. The summed E-state index contributed by atoms with van der Waals surface area (Å²) in [5, 5.41) is 9.31. The van der Waals surface area contributed by atoms with Gasteiger partial charge >= 0.3 is 18.2 Å². The van der Waals surface area contributed by atoms with Gasteiger partial charge in [-0.2, -0.15) is 9.97 Å². The SMILES string of the molecule is C#Cc1c(F)ccc2cc(OCOC)cc(-c3ncc4c(N5CC6CCC(C5)N6C(=O)OC(C)(C)C)nc(OC[C@@]56CCCN5[C@H](COC(=O)NCCCCNc5cccc7c5C(=O)N(C5CCC(=O)NC5=O)C7=O)CC6)nc4c3F)c12. The Hall–Kier alpha value is -8.23. The van der Waals surface area contributed by atoms with E-state index < -0.39 is 58.5 Å². The summed E-state index contributed by atoms with van der Waals surface area (Å²) in [7, 11) is 1.47. The highest BCUT2D eigenvalue weighted by molar-refractivity contribution is 6.25. The number of amides is 6. The van der Waals surface area contributed by atoms with Crippen LogP contribution in [0.3, 0.4) is 0 Å². The Kier molecular flexibility index (Phi) is 15.3. The van der Waals surface area contributed by atoms with Crippen LogP contribution in [0.5, 0.6) is 11.8 Å². The molecular weight excluding hydrogens is 1060 g/mol. The number of pyridine rings is 1. The first-order valence-electron chi connectivity index (χ1n) is 27.8. The van der Waals surface area contributed by atoms with Gasteiger partial charge in [-0.15, -0.1) is 6.42 Å². The number of piperazine rings is 1. The zero-order valence-electron chi connectivity index (χ0n) is 46.1. The number of nitrogens with one attached hydrogen (secondary N) is 3. The van der Waals surface area contributed by atoms with Crippen molar-refractivity contribution < 1.29 is 61.2 Å². The lowest BCUT2D eigenvalue weighted by molar-refractivity contribution is -0.136. The number of piperidine rings is 1. The number of nitrogens with zero attached hydrogens (tertiary/aromatic N) is 7. The highest BCUT2D eigenvalue weighted by Crippen LogP contribution is 2.45. The molecule has 3 unspecified atom stereocenters. The molecule has 2 aromatic heterocycles. The van der Waals surface area contributed by atoms with Crippen molar-refractivity contribution in [1.29, 1.82) is 0 Å². The second-order valence-corrected chi connectivity index (χ2v) is 22.7. The minimum atomic E-state index is -1.07. The van der Waals surface area contributed by atoms with Crippen molar-refractivity contribution in [2.75, 3.05) is 70.1 Å². The van der Waals surface area contributed by atoms with E-state index in [1.165, 1.54) is 31.5 Å². The average Bonchev–Trinajstić information content (AvgIpc) is 3.69. The molecule has 21 nitrogen and oxygen atoms in total. The van der Waals surface area contributed by atoms with Gasteiger partial charge in [0.05, 0.1) is 39.7 Å². The van der Waals surface area contributed by atoms with Crippen LogP contribution in [0.4, 0.5) is 29.9 Å². The monoisotopic (exact) mass is 1130 g/mol. The van der Waals surface area contributed by atoms with Crippen molar-refractivity contribution in [3.05, 3.63) is 77.0 Å². The van der Waals surface area contributed by atoms with Crippen LogP contribution >= 0.6 is 0 Å². The Labute approximate surface area is 471 Å². The van der Waals surface area contributed by atoms with Crippen molar-refractivity contribution >= 4 is 69.0 Å². The van der Waals surface area contributed by atoms with Gasteiger partial charge in [0, 0.05) is 68.6 Å². The summed E-state index contributed by atoms with van der Waals surface area (Å²) in [4.78, 5) is 99.0. The van der Waals surface area contributed by atoms with Gasteiger partial charge in [-0.25, -0.2) is 18.4 Å². The Morgan fingerprint density at radius 1 is 0.939 bits per heavy atom. The number of unbranched alkanes of at least 4 members (excludes halogenated alkanes) is 1. The molecule has 82 heavy (non-hydrogen) atoms. The zero-order valence-corrected chi connectivity index (χ0v) is 46.1. The molecule has 6 amide bonds. The molecule has 11 rings (SSSR count). The number of imide groups is 2. The predicted octanol–water partition coefficient (Wildman–Crippen LogP) is 7.07. The highest BCUT2D eigenvalue weighted by Gasteiger charge is 2.51. The van der Waals surface area contributed by atoms with E-state index in [4.69, 9.17) is 40.1 Å². The second-order valence-electron chi connectivity index (χ2n) is 22.7. The molecule has 5 atom stereocenters. The van der Waals surface area contributed by atoms with E-state index in [0.717, 1.165) is 50.0 Å². The summed E-state index contributed by atoms with van der Waals surface area (Å²) in [6.45, 7) is 7.93. The molecule has 430 valence electrons. The van der Waals surface area contributed by atoms with Crippen LogP contribution in [-0.4, -0.2) is 161 Å². The lowest BCUT2D eigenvalue weighted by Crippen LogP contribution is -2.57. The van der Waals surface area contributed by atoms with E-state index in [1.807, 2.05) is 25.7 Å². The van der Waals surface area contributed by atoms with Crippen molar-refractivity contribution in [2.45, 2.75) is 120 Å². The van der Waals surface area contributed by atoms with Gasteiger partial charge in [0.25, 0.3) is 11.8 Å². The minimum absolute atomic E-state index is 0.0259. The quantitative estimate of drug-likeness (QED) is 0.0365. The number of ether oxygens (including phenoxy) is 5. The number of hydrogen-bond acceptors (Lipinski definition) is 17. The number of aromatic nitrogens is 3. The summed E-state index contributed by atoms with van der Waals surface area (Å²) in [6, 6.07) is 9.23. The summed E-state index contributed by atoms with van der Waals surface area (Å²) in [6.07, 6.45) is 12.3. The van der Waals surface area contributed by atoms with Crippen LogP contribution in [0.25, 0.3) is 32.9 Å². The fourth-order valence-electron chi connectivity index (χ4n) is 12.7. The van der Waals surface area contributed by atoms with Gasteiger partial charge in [-0.1, -0.05) is 18.1 Å². The lowest BCUT2D eigenvalue weighted by Gasteiger charge is -2.42. The average molecular weight is 1130 g/mol. The molecule has 8 heterocycles. The molecule has 0 radical (unpaired) electrons. The zero-order chi connectivity index (χ0) is 57.6. The van der Waals surface area contributed by atoms with Gasteiger partial charge < -0.3 is 39.2 Å². The van der Waals surface area contributed by atoms with Gasteiger partial charge in [0.2, 0.25) is 11.8 Å². The number of carbonyl (C=O) groups excluding carboxylic acids is 6. The third kappa shape index (κ3) is 10.6. The standard InChI is InChI=1S/C59H64F2N10O11/c1-6-38-42(60)16-13-33-25-37(81-32-78-5)26-40(46(33)38)49-48(61)50-41(27-64-49)51(68-28-34-14-15-35(29-68)70(34)57(77)82-58(2,3)4)67-55(66-50)80-31-59-20-10-24-69(59)36(19-21-59)30-79-56(76)63-23-8-7-22-62-43-12-9-11-39-47(43)54(75)71(53(39)74)44-17-18-45(72)65-52(44)73/h1,9,11-13,16,25-27,34-36,44,62H,7-8,10,14-15,17-24,28-32H2,2-5H3,(H,63,76)(H,65,72,73)/t34?,35?,36-,44?,59-/m0/s1. The Morgan fingerprint density at radius 3 is 2.49 bits per heavy atom. The van der Waals surface area contributed by atoms with Crippen LogP contribution in [0.1, 0.15) is 111 Å². The number of anilines is 2. The fourth-order valence-corrected chi connectivity index (χ4v) is 12.7. The first-order chi connectivity index (χ1) is 39.4. The third-order valence-corrected chi connectivity index (χ3v) is 16.4. The number of terminal acetylenes is 1. The maximum absolute atomic E-state index is 17.7. The number of fused-ring (bicyclic) bond motifs is 6. The maximum atomic E-state index is 17.7. The lowest BCUT2D eigenvalue weighted by atomic mass is 9.95. The third-order valence-electron chi connectivity index (χ3n) is 16.4. The normalized spacial score (nSPS) is 22.3. The van der Waals surface area contributed by atoms with Crippen LogP contribution in [0.15, 0.2) is 48.7 Å². The molecule has 0 spiro atoms. The largest absolute Gasteiger partial charge is 0.468 e. The Balaban J connectivity index is 0.763. The molecule has 23 heteroatoms. The molecular formula is C59H64F2N10O11. The molecule has 5 aromatic rings. The van der Waals surface area contributed by atoms with Gasteiger partial charge in [0.15, 0.2) is 12.6 Å². The first-order valence-corrected chi connectivity index (χ1v) is 27.8. The van der Waals surface area contributed by atoms with Crippen LogP contribution in [0.2, 0.25) is 0 Å². The summed E-state index contributed by atoms with van der Waals surface area (Å²) in [5.41, 5.74) is -0.460. The molecule has 3 aromatic carbocycles. The number of alkyl carbamates (subject to hydrolysis) is 1. The van der Waals surface area contributed by atoms with E-state index >= 15 is 8.78 Å². The number of halogens is 2. The van der Waals surface area contributed by atoms with Crippen LogP contribution in [-0.2, 0) is 23.8 Å².